The molecule has 4 unspecified atom stereocenters. The topological polar surface area (TPSA) is 114 Å². The molecule has 2 bridgehead atoms. The monoisotopic (exact) mass is 389 g/mol. The van der Waals surface area contributed by atoms with Crippen molar-refractivity contribution in [2.24, 2.45) is 11.7 Å². The first-order valence-electron chi connectivity index (χ1n) is 9.53. The molecule has 4 atom stereocenters. The number of urea groups is 1. The lowest BCUT2D eigenvalue weighted by Gasteiger charge is -2.60. The number of phenols is 1. The first-order valence-corrected chi connectivity index (χ1v) is 9.53. The molecular formula is C20H27N3O5. The summed E-state index contributed by atoms with van der Waals surface area (Å²) in [6.07, 6.45) is 1.97. The Kier molecular flexibility index (Phi) is 4.31. The highest BCUT2D eigenvalue weighted by molar-refractivity contribution is 5.93. The normalized spacial score (nSPS) is 34.3. The van der Waals surface area contributed by atoms with Crippen LogP contribution in [0.4, 0.5) is 4.79 Å². The second kappa shape index (κ2) is 6.35. The van der Waals surface area contributed by atoms with Crippen molar-refractivity contribution in [1.29, 1.82) is 0 Å². The number of ether oxygens (including phenoxy) is 2. The highest BCUT2D eigenvalue weighted by Crippen LogP contribution is 2.59. The van der Waals surface area contributed by atoms with Crippen LogP contribution in [0.25, 0.3) is 0 Å². The molecule has 1 saturated heterocycles. The van der Waals surface area contributed by atoms with Gasteiger partial charge in [0.25, 0.3) is 0 Å². The van der Waals surface area contributed by atoms with Crippen LogP contribution in [0, 0.1) is 5.92 Å². The molecule has 152 valence electrons. The molecule has 1 saturated carbocycles. The van der Waals surface area contributed by atoms with Crippen LogP contribution in [-0.2, 0) is 21.4 Å². The van der Waals surface area contributed by atoms with E-state index in [0.717, 1.165) is 30.5 Å². The van der Waals surface area contributed by atoms with Crippen molar-refractivity contribution in [3.05, 3.63) is 23.3 Å². The van der Waals surface area contributed by atoms with Gasteiger partial charge in [0.15, 0.2) is 17.3 Å². The summed E-state index contributed by atoms with van der Waals surface area (Å²) in [6, 6.07) is 3.15. The summed E-state index contributed by atoms with van der Waals surface area (Å²) < 4.78 is 10.9. The average Bonchev–Trinajstić information content (AvgIpc) is 2.65. The Morgan fingerprint density at radius 2 is 2.14 bits per heavy atom. The smallest absolute Gasteiger partial charge is 0.314 e. The van der Waals surface area contributed by atoms with Crippen molar-refractivity contribution in [1.82, 2.24) is 10.2 Å². The van der Waals surface area contributed by atoms with Crippen LogP contribution in [-0.4, -0.2) is 61.4 Å². The number of nitrogens with two attached hydrogens (primary N) is 1. The number of methoxy groups -OCH3 is 2. The molecule has 8 heteroatoms. The Morgan fingerprint density at radius 3 is 2.79 bits per heavy atom. The number of carbonyl (C=O) groups is 2. The molecule has 2 fully saturated rings. The maximum atomic E-state index is 13.3. The molecule has 2 amide bonds. The van der Waals surface area contributed by atoms with Crippen molar-refractivity contribution in [3.8, 4) is 11.5 Å². The van der Waals surface area contributed by atoms with Gasteiger partial charge in [0, 0.05) is 37.0 Å². The van der Waals surface area contributed by atoms with Crippen LogP contribution >= 0.6 is 0 Å². The minimum atomic E-state index is -1.43. The number of hydrogen-bond acceptors (Lipinski definition) is 6. The summed E-state index contributed by atoms with van der Waals surface area (Å²) >= 11 is 0. The fourth-order valence-electron chi connectivity index (χ4n) is 5.80. The number of nitrogens with zero attached hydrogens (tertiary/aromatic N) is 1. The second-order valence-corrected chi connectivity index (χ2v) is 8.24. The van der Waals surface area contributed by atoms with E-state index in [0.29, 0.717) is 12.2 Å². The molecule has 4 rings (SSSR count). The third kappa shape index (κ3) is 2.44. The third-order valence-electron chi connectivity index (χ3n) is 7.13. The number of carbonyl (C=O) groups excluding carboxylic acids is 2. The molecule has 8 nitrogen and oxygen atoms in total. The molecule has 0 aromatic heterocycles. The Labute approximate surface area is 164 Å². The number of primary amides is 1. The number of ketones is 1. The van der Waals surface area contributed by atoms with Gasteiger partial charge in [-0.25, -0.2) is 4.79 Å². The molecule has 1 aliphatic heterocycles. The molecule has 4 N–H and O–H groups in total. The summed E-state index contributed by atoms with van der Waals surface area (Å²) in [6.45, 7) is 0.827. The van der Waals surface area contributed by atoms with E-state index in [-0.39, 0.29) is 29.9 Å². The highest BCUT2D eigenvalue weighted by Gasteiger charge is 2.62. The van der Waals surface area contributed by atoms with E-state index in [1.54, 1.807) is 6.07 Å². The van der Waals surface area contributed by atoms with Crippen molar-refractivity contribution < 1.29 is 24.2 Å². The van der Waals surface area contributed by atoms with E-state index in [2.05, 4.69) is 17.3 Å². The maximum Gasteiger partial charge on any atom is 0.314 e. The number of hydrogen-bond donors (Lipinski definition) is 3. The van der Waals surface area contributed by atoms with E-state index in [1.807, 2.05) is 6.07 Å². The Hall–Kier alpha value is -2.32. The Balaban J connectivity index is 1.88. The zero-order valence-corrected chi connectivity index (χ0v) is 16.4. The fourth-order valence-corrected chi connectivity index (χ4v) is 5.80. The van der Waals surface area contributed by atoms with Crippen LogP contribution in [0.15, 0.2) is 12.1 Å². The van der Waals surface area contributed by atoms with Crippen LogP contribution in [0.1, 0.15) is 30.4 Å². The summed E-state index contributed by atoms with van der Waals surface area (Å²) in [5.41, 5.74) is 5.27. The van der Waals surface area contributed by atoms with Crippen LogP contribution in [0.5, 0.6) is 11.5 Å². The van der Waals surface area contributed by atoms with Crippen molar-refractivity contribution >= 4 is 11.8 Å². The molecule has 0 spiro atoms. The number of aromatic hydroxyl groups is 1. The maximum absolute atomic E-state index is 13.3. The summed E-state index contributed by atoms with van der Waals surface area (Å²) in [7, 11) is 5.02. The molecule has 1 heterocycles. The number of Topliss-reactive ketones (excluding diaryl/α,β-unsaturated/α-hetero) is 1. The SMILES string of the molecule is COc1ccc2c(c1O)C13CCN(C)C(C2)C1CC(NC(N)=O)(OC)C(=O)C3. The van der Waals surface area contributed by atoms with Gasteiger partial charge in [-0.3, -0.25) is 4.79 Å². The third-order valence-corrected chi connectivity index (χ3v) is 7.13. The van der Waals surface area contributed by atoms with Gasteiger partial charge in [0.2, 0.25) is 5.72 Å². The lowest BCUT2D eigenvalue weighted by Crippen LogP contribution is -2.70. The van der Waals surface area contributed by atoms with E-state index in [4.69, 9.17) is 15.2 Å². The van der Waals surface area contributed by atoms with E-state index >= 15 is 0 Å². The quantitative estimate of drug-likeness (QED) is 0.662. The number of likely N-dealkylation sites (tertiary alicyclic amines) is 1. The molecule has 28 heavy (non-hydrogen) atoms. The van der Waals surface area contributed by atoms with Gasteiger partial charge in [-0.1, -0.05) is 6.07 Å². The zero-order valence-electron chi connectivity index (χ0n) is 16.4. The molecular weight excluding hydrogens is 362 g/mol. The number of phenolic OH excluding ortho intramolecular Hbond substituents is 1. The van der Waals surface area contributed by atoms with E-state index in [1.165, 1.54) is 14.2 Å². The number of fused-ring (bicyclic) bond motifs is 1. The van der Waals surface area contributed by atoms with Gasteiger partial charge in [0.05, 0.1) is 7.11 Å². The number of rotatable bonds is 3. The minimum absolute atomic E-state index is 0.0151. The van der Waals surface area contributed by atoms with Gasteiger partial charge in [-0.15, -0.1) is 0 Å². The number of benzene rings is 1. The first kappa shape index (κ1) is 19.0. The molecule has 1 aromatic carbocycles. The lowest BCUT2D eigenvalue weighted by molar-refractivity contribution is -0.163. The molecule has 1 aromatic rings. The Bertz CT molecular complexity index is 843. The summed E-state index contributed by atoms with van der Waals surface area (Å²) in [4.78, 5) is 27.2. The average molecular weight is 389 g/mol. The van der Waals surface area contributed by atoms with Crippen LogP contribution in [0.3, 0.4) is 0 Å². The van der Waals surface area contributed by atoms with Crippen LogP contribution < -0.4 is 15.8 Å². The standard InChI is InChI=1S/C20H27N3O5/c1-23-7-6-19-10-15(24)20(28-3,22-18(21)26)9-12(19)13(23)8-11-4-5-14(27-2)17(25)16(11)19/h4-5,12-13,25H,6-10H2,1-3H3,(H3,21,22,26). The minimum Gasteiger partial charge on any atom is -0.504 e. The van der Waals surface area contributed by atoms with Gasteiger partial charge in [-0.2, -0.15) is 0 Å². The Morgan fingerprint density at radius 1 is 1.39 bits per heavy atom. The summed E-state index contributed by atoms with van der Waals surface area (Å²) in [5.74, 6) is 0.328. The van der Waals surface area contributed by atoms with E-state index < -0.39 is 17.2 Å². The van der Waals surface area contributed by atoms with Gasteiger partial charge >= 0.3 is 6.03 Å². The van der Waals surface area contributed by atoms with Gasteiger partial charge < -0.3 is 30.5 Å². The second-order valence-electron chi connectivity index (χ2n) is 8.24. The zero-order chi connectivity index (χ0) is 20.3. The number of piperidine rings is 1. The number of likely N-dealkylation sites (N-methyl/N-ethyl adjacent to an activating group) is 1. The fraction of sp³-hybridized carbons (Fsp3) is 0.600. The summed E-state index contributed by atoms with van der Waals surface area (Å²) in [5, 5.41) is 13.5. The molecule has 0 radical (unpaired) electrons. The largest absolute Gasteiger partial charge is 0.504 e. The highest BCUT2D eigenvalue weighted by atomic mass is 16.5. The van der Waals surface area contributed by atoms with Gasteiger partial charge in [-0.05, 0) is 44.0 Å². The predicted molar refractivity (Wildman–Crippen MR) is 101 cm³/mol. The first-order chi connectivity index (χ1) is 13.3. The van der Waals surface area contributed by atoms with Crippen LogP contribution in [0.2, 0.25) is 0 Å². The number of nitrogens with one attached hydrogen (secondary N) is 1. The van der Waals surface area contributed by atoms with Crippen molar-refractivity contribution in [2.75, 3.05) is 27.8 Å². The predicted octanol–water partition coefficient (Wildman–Crippen LogP) is 0.889. The molecule has 2 aliphatic carbocycles. The number of amides is 2. The van der Waals surface area contributed by atoms with Gasteiger partial charge in [0.1, 0.15) is 0 Å². The van der Waals surface area contributed by atoms with E-state index in [9.17, 15) is 14.7 Å². The van der Waals surface area contributed by atoms with Crippen molar-refractivity contribution in [2.45, 2.75) is 42.9 Å². The lowest BCUT2D eigenvalue weighted by atomic mass is 9.50. The van der Waals surface area contributed by atoms with Crippen molar-refractivity contribution in [3.63, 3.8) is 0 Å². The molecule has 3 aliphatic rings.